The Morgan fingerprint density at radius 1 is 1.43 bits per heavy atom. The van der Waals surface area contributed by atoms with Gasteiger partial charge in [0.25, 0.3) is 0 Å². The number of hydrogen-bond acceptors (Lipinski definition) is 3. The number of hydrogen-bond donors (Lipinski definition) is 1. The summed E-state index contributed by atoms with van der Waals surface area (Å²) in [5.41, 5.74) is 1.81. The number of rotatable bonds is 3. The van der Waals surface area contributed by atoms with Crippen molar-refractivity contribution in [3.8, 4) is 0 Å². The maximum absolute atomic E-state index is 13.2. The molecule has 2 aromatic heterocycles. The van der Waals surface area contributed by atoms with E-state index in [9.17, 15) is 9.18 Å². The van der Waals surface area contributed by atoms with Crippen molar-refractivity contribution in [3.05, 3.63) is 47.8 Å². The Labute approximate surface area is 134 Å². The summed E-state index contributed by atoms with van der Waals surface area (Å²) >= 11 is 0. The highest BCUT2D eigenvalue weighted by molar-refractivity contribution is 5.75. The van der Waals surface area contributed by atoms with Crippen molar-refractivity contribution in [1.82, 2.24) is 25.0 Å². The molecule has 3 heterocycles. The van der Waals surface area contributed by atoms with Crippen LogP contribution in [0.1, 0.15) is 36.4 Å². The monoisotopic (exact) mass is 317 g/mol. The van der Waals surface area contributed by atoms with Crippen LogP contribution >= 0.6 is 0 Å². The van der Waals surface area contributed by atoms with Gasteiger partial charge in [0.05, 0.1) is 18.4 Å². The zero-order chi connectivity index (χ0) is 16.4. The van der Waals surface area contributed by atoms with E-state index in [1.54, 1.807) is 15.8 Å². The maximum Gasteiger partial charge on any atom is 0.317 e. The minimum absolute atomic E-state index is 0.131. The third-order valence-corrected chi connectivity index (χ3v) is 4.24. The molecule has 0 aliphatic carbocycles. The molecule has 0 saturated carbocycles. The first-order valence-corrected chi connectivity index (χ1v) is 7.67. The Bertz CT molecular complexity index is 701. The average Bonchev–Trinajstić information content (AvgIpc) is 3.15. The fourth-order valence-corrected chi connectivity index (χ4v) is 2.89. The second-order valence-corrected chi connectivity index (χ2v) is 5.99. The van der Waals surface area contributed by atoms with E-state index in [2.05, 4.69) is 15.4 Å². The molecule has 0 spiro atoms. The van der Waals surface area contributed by atoms with Gasteiger partial charge in [-0.3, -0.25) is 9.67 Å². The van der Waals surface area contributed by atoms with E-state index in [0.29, 0.717) is 24.6 Å². The molecule has 7 heteroatoms. The Hall–Kier alpha value is -2.44. The molecule has 3 rings (SSSR count). The van der Waals surface area contributed by atoms with Gasteiger partial charge in [-0.05, 0) is 30.5 Å². The second-order valence-electron chi connectivity index (χ2n) is 5.99. The van der Waals surface area contributed by atoms with E-state index in [-0.39, 0.29) is 12.1 Å². The van der Waals surface area contributed by atoms with Gasteiger partial charge < -0.3 is 10.2 Å². The largest absolute Gasteiger partial charge is 0.331 e. The third kappa shape index (κ3) is 3.49. The van der Waals surface area contributed by atoms with Crippen LogP contribution in [0.15, 0.2) is 30.9 Å². The van der Waals surface area contributed by atoms with Crippen LogP contribution in [-0.2, 0) is 7.05 Å². The number of aryl methyl sites for hydroxylation is 1. The molecule has 6 nitrogen and oxygen atoms in total. The lowest BCUT2D eigenvalue weighted by atomic mass is 10.0. The minimum atomic E-state index is -0.401. The molecule has 2 aromatic rings. The van der Waals surface area contributed by atoms with Crippen molar-refractivity contribution in [1.29, 1.82) is 0 Å². The summed E-state index contributed by atoms with van der Waals surface area (Å²) in [6, 6.07) is 0.969. The van der Waals surface area contributed by atoms with Gasteiger partial charge in [-0.1, -0.05) is 0 Å². The molecule has 2 atom stereocenters. The molecule has 0 radical (unpaired) electrons. The van der Waals surface area contributed by atoms with E-state index < -0.39 is 5.82 Å². The number of amides is 2. The van der Waals surface area contributed by atoms with Crippen molar-refractivity contribution in [2.24, 2.45) is 7.05 Å². The number of carbonyl (C=O) groups excluding carboxylic acids is 1. The standard InChI is InChI=1S/C16H20FN5O/c1-11(13-5-15(17)8-18-6-13)20-16(23)22-4-3-12(10-22)14-7-19-21(2)9-14/h5-9,11-12H,3-4,10H2,1-2H3,(H,20,23). The van der Waals surface area contributed by atoms with Gasteiger partial charge in [0.1, 0.15) is 5.82 Å². The normalized spacial score (nSPS) is 18.9. The van der Waals surface area contributed by atoms with E-state index in [1.165, 1.54) is 6.07 Å². The molecule has 1 aliphatic rings. The lowest BCUT2D eigenvalue weighted by Gasteiger charge is -2.21. The first-order chi connectivity index (χ1) is 11.0. The van der Waals surface area contributed by atoms with Crippen LogP contribution in [0.5, 0.6) is 0 Å². The molecule has 0 aromatic carbocycles. The molecule has 1 N–H and O–H groups in total. The first-order valence-electron chi connectivity index (χ1n) is 7.67. The number of carbonyl (C=O) groups is 1. The summed E-state index contributed by atoms with van der Waals surface area (Å²) in [5.74, 6) is -0.0815. The smallest absolute Gasteiger partial charge is 0.317 e. The lowest BCUT2D eigenvalue weighted by molar-refractivity contribution is 0.205. The molecule has 0 bridgehead atoms. The number of nitrogens with one attached hydrogen (secondary N) is 1. The summed E-state index contributed by atoms with van der Waals surface area (Å²) in [4.78, 5) is 18.0. The van der Waals surface area contributed by atoms with Crippen LogP contribution in [0, 0.1) is 5.82 Å². The SMILES string of the molecule is CC(NC(=O)N1CCC(c2cnn(C)c2)C1)c1cncc(F)c1. The van der Waals surface area contributed by atoms with Crippen molar-refractivity contribution >= 4 is 6.03 Å². The van der Waals surface area contributed by atoms with Gasteiger partial charge in [0.2, 0.25) is 0 Å². The van der Waals surface area contributed by atoms with Crippen molar-refractivity contribution in [2.75, 3.05) is 13.1 Å². The van der Waals surface area contributed by atoms with Gasteiger partial charge in [-0.15, -0.1) is 0 Å². The zero-order valence-electron chi connectivity index (χ0n) is 13.2. The number of nitrogens with zero attached hydrogens (tertiary/aromatic N) is 4. The van der Waals surface area contributed by atoms with E-state index in [4.69, 9.17) is 0 Å². The van der Waals surface area contributed by atoms with Crippen LogP contribution < -0.4 is 5.32 Å². The highest BCUT2D eigenvalue weighted by Crippen LogP contribution is 2.27. The number of likely N-dealkylation sites (tertiary alicyclic amines) is 1. The highest BCUT2D eigenvalue weighted by atomic mass is 19.1. The fraction of sp³-hybridized carbons (Fsp3) is 0.438. The Kier molecular flexibility index (Phi) is 4.27. The van der Waals surface area contributed by atoms with Crippen LogP contribution in [0.2, 0.25) is 0 Å². The van der Waals surface area contributed by atoms with Crippen molar-refractivity contribution in [2.45, 2.75) is 25.3 Å². The summed E-state index contributed by atoms with van der Waals surface area (Å²) < 4.78 is 15.0. The van der Waals surface area contributed by atoms with Gasteiger partial charge in [-0.25, -0.2) is 9.18 Å². The predicted molar refractivity (Wildman–Crippen MR) is 83.3 cm³/mol. The third-order valence-electron chi connectivity index (χ3n) is 4.24. The second kappa shape index (κ2) is 6.36. The molecule has 2 unspecified atom stereocenters. The topological polar surface area (TPSA) is 63.1 Å². The molecule has 1 fully saturated rings. The van der Waals surface area contributed by atoms with Gasteiger partial charge in [0.15, 0.2) is 0 Å². The van der Waals surface area contributed by atoms with Crippen molar-refractivity contribution in [3.63, 3.8) is 0 Å². The summed E-state index contributed by atoms with van der Waals surface area (Å²) in [5, 5.41) is 7.08. The van der Waals surface area contributed by atoms with E-state index >= 15 is 0 Å². The van der Waals surface area contributed by atoms with Crippen LogP contribution in [0.4, 0.5) is 9.18 Å². The maximum atomic E-state index is 13.2. The summed E-state index contributed by atoms with van der Waals surface area (Å²) in [7, 11) is 1.89. The number of aromatic nitrogens is 3. The molecule has 2 amide bonds. The zero-order valence-corrected chi connectivity index (χ0v) is 13.2. The molecule has 1 aliphatic heterocycles. The van der Waals surface area contributed by atoms with Crippen LogP contribution in [-0.4, -0.2) is 38.8 Å². The average molecular weight is 317 g/mol. The predicted octanol–water partition coefficient (Wildman–Crippen LogP) is 2.21. The summed E-state index contributed by atoms with van der Waals surface area (Å²) in [6.45, 7) is 3.20. The quantitative estimate of drug-likeness (QED) is 0.944. The molecule has 1 saturated heterocycles. The molecular weight excluding hydrogens is 297 g/mol. The number of urea groups is 1. The fourth-order valence-electron chi connectivity index (χ4n) is 2.89. The minimum Gasteiger partial charge on any atom is -0.331 e. The molecular formula is C16H20FN5O. The molecule has 23 heavy (non-hydrogen) atoms. The molecule has 122 valence electrons. The van der Waals surface area contributed by atoms with E-state index in [1.807, 2.05) is 26.4 Å². The Morgan fingerprint density at radius 2 is 2.26 bits per heavy atom. The van der Waals surface area contributed by atoms with Crippen LogP contribution in [0.3, 0.4) is 0 Å². The van der Waals surface area contributed by atoms with Crippen LogP contribution in [0.25, 0.3) is 0 Å². The van der Waals surface area contributed by atoms with Crippen molar-refractivity contribution < 1.29 is 9.18 Å². The van der Waals surface area contributed by atoms with E-state index in [0.717, 1.165) is 18.2 Å². The number of pyridine rings is 1. The lowest BCUT2D eigenvalue weighted by Crippen LogP contribution is -2.39. The van der Waals surface area contributed by atoms with Gasteiger partial charge in [-0.2, -0.15) is 5.10 Å². The summed E-state index contributed by atoms with van der Waals surface area (Å²) in [6.07, 6.45) is 7.49. The number of halogens is 1. The van der Waals surface area contributed by atoms with Gasteiger partial charge >= 0.3 is 6.03 Å². The Balaban J connectivity index is 1.59. The first kappa shape index (κ1) is 15.5. The van der Waals surface area contributed by atoms with Gasteiger partial charge in [0, 0.05) is 38.4 Å². The highest BCUT2D eigenvalue weighted by Gasteiger charge is 2.28. The Morgan fingerprint density at radius 3 is 2.96 bits per heavy atom.